The Bertz CT molecular complexity index is 645. The number of halogens is 1. The summed E-state index contributed by atoms with van der Waals surface area (Å²) in [6, 6.07) is 11.9. The molecule has 0 bridgehead atoms. The van der Waals surface area contributed by atoms with Crippen molar-refractivity contribution in [3.05, 3.63) is 46.4 Å². The second kappa shape index (κ2) is 6.26. The van der Waals surface area contributed by atoms with E-state index < -0.39 is 0 Å². The van der Waals surface area contributed by atoms with Crippen molar-refractivity contribution >= 4 is 21.6 Å². The van der Waals surface area contributed by atoms with E-state index in [0.29, 0.717) is 19.8 Å². The highest BCUT2D eigenvalue weighted by Crippen LogP contribution is 2.32. The van der Waals surface area contributed by atoms with Crippen molar-refractivity contribution in [3.8, 4) is 17.2 Å². The minimum Gasteiger partial charge on any atom is -0.495 e. The number of benzene rings is 2. The number of fused-ring (bicyclic) bond motifs is 1. The summed E-state index contributed by atoms with van der Waals surface area (Å²) in [6.45, 7) is 1.90. The molecule has 1 N–H and O–H groups in total. The second-order valence-corrected chi connectivity index (χ2v) is 5.59. The standard InChI is InChI=1S/C16H16BrNO3/c1-19-14-5-3-12(17)9-13(14)18-10-11-2-4-15-16(8-11)21-7-6-20-15/h2-5,8-9,18H,6-7,10H2,1H3. The quantitative estimate of drug-likeness (QED) is 0.910. The van der Waals surface area contributed by atoms with Crippen LogP contribution in [0, 0.1) is 0 Å². The monoisotopic (exact) mass is 349 g/mol. The van der Waals surface area contributed by atoms with Gasteiger partial charge in [-0.1, -0.05) is 22.0 Å². The van der Waals surface area contributed by atoms with Gasteiger partial charge in [-0.2, -0.15) is 0 Å². The van der Waals surface area contributed by atoms with Gasteiger partial charge in [-0.05, 0) is 35.9 Å². The third-order valence-electron chi connectivity index (χ3n) is 3.25. The number of rotatable bonds is 4. The van der Waals surface area contributed by atoms with Crippen LogP contribution in [0.4, 0.5) is 5.69 Å². The number of methoxy groups -OCH3 is 1. The smallest absolute Gasteiger partial charge is 0.161 e. The lowest BCUT2D eigenvalue weighted by Gasteiger charge is -2.19. The lowest BCUT2D eigenvalue weighted by molar-refractivity contribution is 0.171. The summed E-state index contributed by atoms with van der Waals surface area (Å²) in [7, 11) is 1.67. The summed E-state index contributed by atoms with van der Waals surface area (Å²) in [4.78, 5) is 0. The molecule has 0 saturated heterocycles. The van der Waals surface area contributed by atoms with Gasteiger partial charge in [-0.3, -0.25) is 0 Å². The molecule has 2 aromatic rings. The van der Waals surface area contributed by atoms with Crippen LogP contribution < -0.4 is 19.5 Å². The van der Waals surface area contributed by atoms with Crippen molar-refractivity contribution in [2.75, 3.05) is 25.6 Å². The molecule has 0 spiro atoms. The van der Waals surface area contributed by atoms with Gasteiger partial charge in [0, 0.05) is 11.0 Å². The fraction of sp³-hybridized carbons (Fsp3) is 0.250. The van der Waals surface area contributed by atoms with Crippen LogP contribution in [0.2, 0.25) is 0 Å². The van der Waals surface area contributed by atoms with Crippen LogP contribution in [-0.2, 0) is 6.54 Å². The van der Waals surface area contributed by atoms with E-state index in [0.717, 1.165) is 33.0 Å². The lowest BCUT2D eigenvalue weighted by atomic mass is 10.2. The molecule has 110 valence electrons. The molecule has 2 aromatic carbocycles. The third kappa shape index (κ3) is 3.24. The molecule has 0 saturated carbocycles. The third-order valence-corrected chi connectivity index (χ3v) is 3.74. The first-order valence-electron chi connectivity index (χ1n) is 6.72. The lowest BCUT2D eigenvalue weighted by Crippen LogP contribution is -2.15. The highest BCUT2D eigenvalue weighted by Gasteiger charge is 2.12. The van der Waals surface area contributed by atoms with Crippen LogP contribution in [0.3, 0.4) is 0 Å². The van der Waals surface area contributed by atoms with E-state index in [9.17, 15) is 0 Å². The van der Waals surface area contributed by atoms with Crippen molar-refractivity contribution in [2.24, 2.45) is 0 Å². The molecule has 1 heterocycles. The Morgan fingerprint density at radius 2 is 1.90 bits per heavy atom. The minimum atomic E-state index is 0.601. The number of hydrogen-bond donors (Lipinski definition) is 1. The number of hydrogen-bond acceptors (Lipinski definition) is 4. The molecule has 0 fully saturated rings. The van der Waals surface area contributed by atoms with E-state index >= 15 is 0 Å². The van der Waals surface area contributed by atoms with Gasteiger partial charge in [0.15, 0.2) is 11.5 Å². The predicted molar refractivity (Wildman–Crippen MR) is 85.5 cm³/mol. The van der Waals surface area contributed by atoms with Crippen molar-refractivity contribution in [1.29, 1.82) is 0 Å². The van der Waals surface area contributed by atoms with Crippen molar-refractivity contribution < 1.29 is 14.2 Å². The molecule has 0 aromatic heterocycles. The molecule has 0 atom stereocenters. The molecule has 0 aliphatic carbocycles. The van der Waals surface area contributed by atoms with E-state index in [-0.39, 0.29) is 0 Å². The molecule has 0 amide bonds. The van der Waals surface area contributed by atoms with Gasteiger partial charge in [-0.25, -0.2) is 0 Å². The summed E-state index contributed by atoms with van der Waals surface area (Å²) in [5.74, 6) is 2.43. The largest absolute Gasteiger partial charge is 0.495 e. The van der Waals surface area contributed by atoms with Gasteiger partial charge >= 0.3 is 0 Å². The van der Waals surface area contributed by atoms with Crippen molar-refractivity contribution in [1.82, 2.24) is 0 Å². The Labute approximate surface area is 132 Å². The zero-order valence-electron chi connectivity index (χ0n) is 11.7. The normalized spacial score (nSPS) is 12.9. The van der Waals surface area contributed by atoms with E-state index in [2.05, 4.69) is 21.2 Å². The molecule has 1 aliphatic heterocycles. The molecular formula is C16H16BrNO3. The molecule has 3 rings (SSSR count). The zero-order chi connectivity index (χ0) is 14.7. The van der Waals surface area contributed by atoms with Crippen LogP contribution in [0.5, 0.6) is 17.2 Å². The first-order valence-corrected chi connectivity index (χ1v) is 7.51. The Hall–Kier alpha value is -1.88. The number of anilines is 1. The molecule has 1 aliphatic rings. The van der Waals surface area contributed by atoms with Gasteiger partial charge in [-0.15, -0.1) is 0 Å². The highest BCUT2D eigenvalue weighted by molar-refractivity contribution is 9.10. The Balaban J connectivity index is 1.74. The Morgan fingerprint density at radius 1 is 1.10 bits per heavy atom. The number of ether oxygens (including phenoxy) is 3. The van der Waals surface area contributed by atoms with Crippen LogP contribution in [-0.4, -0.2) is 20.3 Å². The second-order valence-electron chi connectivity index (χ2n) is 4.68. The number of nitrogens with one attached hydrogen (secondary N) is 1. The maximum atomic E-state index is 5.60. The first kappa shape index (κ1) is 14.1. The fourth-order valence-corrected chi connectivity index (χ4v) is 2.57. The van der Waals surface area contributed by atoms with E-state index in [1.165, 1.54) is 0 Å². The summed E-state index contributed by atoms with van der Waals surface area (Å²) in [6.07, 6.45) is 0. The molecular weight excluding hydrogens is 334 g/mol. The Morgan fingerprint density at radius 3 is 2.71 bits per heavy atom. The predicted octanol–water partition coefficient (Wildman–Crippen LogP) is 3.84. The molecule has 21 heavy (non-hydrogen) atoms. The molecule has 0 radical (unpaired) electrons. The van der Waals surface area contributed by atoms with Crippen molar-refractivity contribution in [2.45, 2.75) is 6.54 Å². The fourth-order valence-electron chi connectivity index (χ4n) is 2.21. The SMILES string of the molecule is COc1ccc(Br)cc1NCc1ccc2c(c1)OCCO2. The van der Waals surface area contributed by atoms with E-state index in [1.54, 1.807) is 7.11 Å². The minimum absolute atomic E-state index is 0.601. The maximum Gasteiger partial charge on any atom is 0.161 e. The van der Waals surface area contributed by atoms with Crippen molar-refractivity contribution in [3.63, 3.8) is 0 Å². The van der Waals surface area contributed by atoms with Gasteiger partial charge in [0.25, 0.3) is 0 Å². The summed E-state index contributed by atoms with van der Waals surface area (Å²) < 4.78 is 17.5. The highest BCUT2D eigenvalue weighted by atomic mass is 79.9. The van der Waals surface area contributed by atoms with Gasteiger partial charge in [0.1, 0.15) is 19.0 Å². The van der Waals surface area contributed by atoms with E-state index in [4.69, 9.17) is 14.2 Å². The average Bonchev–Trinajstić information content (AvgIpc) is 2.53. The van der Waals surface area contributed by atoms with Crippen LogP contribution in [0.1, 0.15) is 5.56 Å². The maximum absolute atomic E-state index is 5.60. The summed E-state index contributed by atoms with van der Waals surface area (Å²) in [5, 5.41) is 3.38. The molecule has 0 unspecified atom stereocenters. The van der Waals surface area contributed by atoms with Crippen LogP contribution in [0.15, 0.2) is 40.9 Å². The summed E-state index contributed by atoms with van der Waals surface area (Å²) >= 11 is 3.47. The van der Waals surface area contributed by atoms with E-state index in [1.807, 2.05) is 36.4 Å². The first-order chi connectivity index (χ1) is 10.3. The molecule has 4 nitrogen and oxygen atoms in total. The van der Waals surface area contributed by atoms with Gasteiger partial charge < -0.3 is 19.5 Å². The van der Waals surface area contributed by atoms with Crippen LogP contribution >= 0.6 is 15.9 Å². The van der Waals surface area contributed by atoms with Crippen LogP contribution in [0.25, 0.3) is 0 Å². The van der Waals surface area contributed by atoms with Gasteiger partial charge in [0.2, 0.25) is 0 Å². The Kier molecular flexibility index (Phi) is 4.20. The van der Waals surface area contributed by atoms with Gasteiger partial charge in [0.05, 0.1) is 12.8 Å². The zero-order valence-corrected chi connectivity index (χ0v) is 13.3. The summed E-state index contributed by atoms with van der Waals surface area (Å²) in [5.41, 5.74) is 2.07. The molecule has 5 heteroatoms. The average molecular weight is 350 g/mol. The topological polar surface area (TPSA) is 39.7 Å².